The molecule has 1 aliphatic rings. The molecule has 0 bridgehead atoms. The second-order valence-corrected chi connectivity index (χ2v) is 5.90. The first kappa shape index (κ1) is 13.8. The van der Waals surface area contributed by atoms with Crippen LogP contribution in [0.25, 0.3) is 0 Å². The zero-order valence-electron chi connectivity index (χ0n) is 11.2. The summed E-state index contributed by atoms with van der Waals surface area (Å²) < 4.78 is 5.79. The van der Waals surface area contributed by atoms with Crippen LogP contribution in [0.4, 0.5) is 0 Å². The highest BCUT2D eigenvalue weighted by Gasteiger charge is 2.10. The third kappa shape index (κ3) is 4.54. The van der Waals surface area contributed by atoms with Crippen LogP contribution in [0.3, 0.4) is 0 Å². The summed E-state index contributed by atoms with van der Waals surface area (Å²) in [5, 5.41) is 0. The smallest absolute Gasteiger partial charge is 0.122 e. The van der Waals surface area contributed by atoms with Gasteiger partial charge in [0.05, 0.1) is 6.61 Å². The molecule has 1 aromatic rings. The number of aryl methyl sites for hydroxylation is 1. The Morgan fingerprint density at radius 3 is 2.89 bits per heavy atom. The molecule has 0 N–H and O–H groups in total. The van der Waals surface area contributed by atoms with Crippen molar-refractivity contribution in [3.8, 4) is 5.75 Å². The summed E-state index contributed by atoms with van der Waals surface area (Å²) in [4.78, 5) is 2.55. The van der Waals surface area contributed by atoms with Crippen LogP contribution in [0, 0.1) is 6.92 Å². The van der Waals surface area contributed by atoms with Gasteiger partial charge in [-0.25, -0.2) is 0 Å². The van der Waals surface area contributed by atoms with E-state index in [1.165, 1.54) is 43.1 Å². The lowest BCUT2D eigenvalue weighted by atomic mass is 10.2. The molecule has 0 unspecified atom stereocenters. The van der Waals surface area contributed by atoms with Crippen molar-refractivity contribution in [3.63, 3.8) is 0 Å². The molecular formula is C15H23NOS. The summed E-state index contributed by atoms with van der Waals surface area (Å²) in [5.74, 6) is 3.59. The van der Waals surface area contributed by atoms with Gasteiger partial charge in [-0.2, -0.15) is 0 Å². The van der Waals surface area contributed by atoms with E-state index in [0.717, 1.165) is 18.8 Å². The van der Waals surface area contributed by atoms with E-state index >= 15 is 0 Å². The number of hydrogen-bond donors (Lipinski definition) is 0. The van der Waals surface area contributed by atoms with E-state index in [-0.39, 0.29) is 0 Å². The molecule has 1 fully saturated rings. The van der Waals surface area contributed by atoms with Crippen LogP contribution in [0.15, 0.2) is 24.3 Å². The highest BCUT2D eigenvalue weighted by atomic mass is 32.2. The summed E-state index contributed by atoms with van der Waals surface area (Å²) in [6.07, 6.45) is 3.74. The number of hydrogen-bond acceptors (Lipinski definition) is 3. The van der Waals surface area contributed by atoms with Gasteiger partial charge in [-0.05, 0) is 44.4 Å². The molecule has 0 amide bonds. The molecule has 0 atom stereocenters. The summed E-state index contributed by atoms with van der Waals surface area (Å²) in [6.45, 7) is 5.49. The molecule has 1 heterocycles. The van der Waals surface area contributed by atoms with Gasteiger partial charge >= 0.3 is 0 Å². The van der Waals surface area contributed by atoms with Crippen molar-refractivity contribution in [1.29, 1.82) is 0 Å². The Kier molecular flexibility index (Phi) is 5.88. The maximum atomic E-state index is 5.79. The predicted octanol–water partition coefficient (Wildman–Crippen LogP) is 3.55. The number of rotatable bonds is 7. The second-order valence-electron chi connectivity index (χ2n) is 4.83. The fraction of sp³-hybridized carbons (Fsp3) is 0.600. The Hall–Kier alpha value is -0.670. The Morgan fingerprint density at radius 2 is 2.11 bits per heavy atom. The third-order valence-corrected chi connectivity index (χ3v) is 4.31. The average molecular weight is 265 g/mol. The molecule has 100 valence electrons. The molecule has 1 aromatic carbocycles. The highest BCUT2D eigenvalue weighted by molar-refractivity contribution is 7.99. The van der Waals surface area contributed by atoms with E-state index in [9.17, 15) is 0 Å². The summed E-state index contributed by atoms with van der Waals surface area (Å²) in [7, 11) is 0. The maximum absolute atomic E-state index is 5.79. The van der Waals surface area contributed by atoms with Crippen molar-refractivity contribution in [2.24, 2.45) is 0 Å². The quantitative estimate of drug-likeness (QED) is 0.700. The monoisotopic (exact) mass is 265 g/mol. The Balaban J connectivity index is 1.52. The van der Waals surface area contributed by atoms with Crippen molar-refractivity contribution >= 4 is 11.8 Å². The van der Waals surface area contributed by atoms with Crippen LogP contribution >= 0.6 is 11.8 Å². The first-order valence-electron chi connectivity index (χ1n) is 6.85. The number of benzene rings is 1. The number of unbranched alkanes of at least 4 members (excludes halogenated alkanes) is 2. The molecule has 0 aliphatic carbocycles. The van der Waals surface area contributed by atoms with Gasteiger partial charge in [-0.3, -0.25) is 4.90 Å². The molecule has 3 heteroatoms. The van der Waals surface area contributed by atoms with Gasteiger partial charge in [-0.15, -0.1) is 11.8 Å². The standard InChI is InChI=1S/C15H23NOS/c1-14-7-3-4-8-15(14)17-11-6-2-5-9-16-10-12-18-13-16/h3-4,7-8H,2,5-6,9-13H2,1H3. The van der Waals surface area contributed by atoms with Gasteiger partial charge in [0.1, 0.15) is 5.75 Å². The third-order valence-electron chi connectivity index (χ3n) is 3.30. The normalized spacial score (nSPS) is 16.1. The lowest BCUT2D eigenvalue weighted by Crippen LogP contribution is -2.20. The lowest BCUT2D eigenvalue weighted by Gasteiger charge is -2.13. The van der Waals surface area contributed by atoms with E-state index in [2.05, 4.69) is 41.8 Å². The molecule has 2 rings (SSSR count). The fourth-order valence-electron chi connectivity index (χ4n) is 2.14. The number of ether oxygens (including phenoxy) is 1. The van der Waals surface area contributed by atoms with E-state index in [4.69, 9.17) is 4.74 Å². The van der Waals surface area contributed by atoms with Crippen molar-refractivity contribution in [2.75, 3.05) is 31.3 Å². The van der Waals surface area contributed by atoms with Crippen LogP contribution in [0.5, 0.6) is 5.75 Å². The van der Waals surface area contributed by atoms with E-state index in [0.29, 0.717) is 0 Å². The molecule has 0 aromatic heterocycles. The summed E-state index contributed by atoms with van der Waals surface area (Å²) in [6, 6.07) is 8.24. The average Bonchev–Trinajstić information content (AvgIpc) is 2.89. The second kappa shape index (κ2) is 7.70. The molecule has 2 nitrogen and oxygen atoms in total. The number of para-hydroxylation sites is 1. The van der Waals surface area contributed by atoms with Crippen molar-refractivity contribution in [2.45, 2.75) is 26.2 Å². The maximum Gasteiger partial charge on any atom is 0.122 e. The topological polar surface area (TPSA) is 12.5 Å². The Morgan fingerprint density at radius 1 is 1.22 bits per heavy atom. The fourth-order valence-corrected chi connectivity index (χ4v) is 3.18. The van der Waals surface area contributed by atoms with Gasteiger partial charge in [0.25, 0.3) is 0 Å². The van der Waals surface area contributed by atoms with Crippen LogP contribution in [-0.2, 0) is 0 Å². The van der Waals surface area contributed by atoms with Crippen molar-refractivity contribution < 1.29 is 4.74 Å². The Labute approximate surface area is 115 Å². The largest absolute Gasteiger partial charge is 0.493 e. The van der Waals surface area contributed by atoms with Gasteiger partial charge < -0.3 is 4.74 Å². The first-order chi connectivity index (χ1) is 8.86. The molecule has 1 aliphatic heterocycles. The van der Waals surface area contributed by atoms with Gasteiger partial charge in [0.15, 0.2) is 0 Å². The zero-order valence-corrected chi connectivity index (χ0v) is 12.0. The van der Waals surface area contributed by atoms with Crippen LogP contribution in [0.2, 0.25) is 0 Å². The minimum Gasteiger partial charge on any atom is -0.493 e. The minimum absolute atomic E-state index is 0.847. The predicted molar refractivity (Wildman–Crippen MR) is 79.4 cm³/mol. The SMILES string of the molecule is Cc1ccccc1OCCCCCN1CCSC1. The van der Waals surface area contributed by atoms with Gasteiger partial charge in [0.2, 0.25) is 0 Å². The molecule has 0 spiro atoms. The number of nitrogens with zero attached hydrogens (tertiary/aromatic N) is 1. The molecule has 18 heavy (non-hydrogen) atoms. The molecule has 1 saturated heterocycles. The molecule has 0 radical (unpaired) electrons. The zero-order chi connectivity index (χ0) is 12.6. The van der Waals surface area contributed by atoms with Gasteiger partial charge in [0, 0.05) is 18.2 Å². The molecule has 0 saturated carbocycles. The Bertz CT molecular complexity index is 350. The lowest BCUT2D eigenvalue weighted by molar-refractivity contribution is 0.292. The van der Waals surface area contributed by atoms with Crippen LogP contribution < -0.4 is 4.74 Å². The van der Waals surface area contributed by atoms with E-state index in [1.54, 1.807) is 0 Å². The highest BCUT2D eigenvalue weighted by Crippen LogP contribution is 2.17. The van der Waals surface area contributed by atoms with E-state index < -0.39 is 0 Å². The van der Waals surface area contributed by atoms with Crippen molar-refractivity contribution in [1.82, 2.24) is 4.90 Å². The number of thioether (sulfide) groups is 1. The summed E-state index contributed by atoms with van der Waals surface area (Å²) in [5.41, 5.74) is 1.23. The van der Waals surface area contributed by atoms with Crippen molar-refractivity contribution in [3.05, 3.63) is 29.8 Å². The van der Waals surface area contributed by atoms with E-state index in [1.807, 2.05) is 6.07 Å². The van der Waals surface area contributed by atoms with Crippen LogP contribution in [-0.4, -0.2) is 36.2 Å². The van der Waals surface area contributed by atoms with Gasteiger partial charge in [-0.1, -0.05) is 18.2 Å². The molecular weight excluding hydrogens is 242 g/mol. The minimum atomic E-state index is 0.847. The summed E-state index contributed by atoms with van der Waals surface area (Å²) >= 11 is 2.05. The first-order valence-corrected chi connectivity index (χ1v) is 8.00. The van der Waals surface area contributed by atoms with Crippen LogP contribution in [0.1, 0.15) is 24.8 Å².